The van der Waals surface area contributed by atoms with Gasteiger partial charge in [0.1, 0.15) is 11.5 Å². The summed E-state index contributed by atoms with van der Waals surface area (Å²) < 4.78 is 36.2. The van der Waals surface area contributed by atoms with E-state index in [1.54, 1.807) is 36.5 Å². The maximum atomic E-state index is 12.4. The van der Waals surface area contributed by atoms with Gasteiger partial charge < -0.3 is 14.8 Å². The number of aromatic nitrogens is 2. The van der Waals surface area contributed by atoms with Gasteiger partial charge in [0, 0.05) is 11.2 Å². The largest absolute Gasteiger partial charge is 0.471 e. The predicted octanol–water partition coefficient (Wildman–Crippen LogP) is 4.43. The van der Waals surface area contributed by atoms with E-state index in [0.29, 0.717) is 10.8 Å². The van der Waals surface area contributed by atoms with E-state index in [4.69, 9.17) is 16.3 Å². The lowest BCUT2D eigenvalue weighted by Gasteiger charge is -2.10. The van der Waals surface area contributed by atoms with E-state index in [0.717, 1.165) is 0 Å². The van der Waals surface area contributed by atoms with Gasteiger partial charge >= 0.3 is 6.61 Å². The normalized spacial score (nSPS) is 10.7. The minimum atomic E-state index is -2.99. The highest BCUT2D eigenvalue weighted by Gasteiger charge is 2.14. The average Bonchev–Trinajstić information content (AvgIpc) is 3.10. The first kappa shape index (κ1) is 18.7. The van der Waals surface area contributed by atoms with E-state index >= 15 is 0 Å². The van der Waals surface area contributed by atoms with Gasteiger partial charge in [-0.2, -0.15) is 13.9 Å². The molecular formula is C18H14ClF2N3O3. The number of carbonyl (C=O) groups excluding carboxylic acids is 1. The molecule has 0 fully saturated rings. The van der Waals surface area contributed by atoms with Crippen molar-refractivity contribution in [2.45, 2.75) is 13.3 Å². The van der Waals surface area contributed by atoms with Crippen molar-refractivity contribution >= 4 is 23.2 Å². The van der Waals surface area contributed by atoms with Crippen LogP contribution in [0.15, 0.2) is 60.8 Å². The molecule has 3 rings (SSSR count). The third-order valence-corrected chi connectivity index (χ3v) is 3.62. The second-order valence-electron chi connectivity index (χ2n) is 5.30. The molecule has 0 aliphatic carbocycles. The summed E-state index contributed by atoms with van der Waals surface area (Å²) in [5, 5.41) is 7.13. The van der Waals surface area contributed by atoms with Crippen LogP contribution in [0.4, 0.5) is 14.5 Å². The van der Waals surface area contributed by atoms with Crippen molar-refractivity contribution in [3.05, 3.63) is 71.5 Å². The first-order chi connectivity index (χ1) is 13.0. The predicted molar refractivity (Wildman–Crippen MR) is 95.3 cm³/mol. The van der Waals surface area contributed by atoms with Crippen molar-refractivity contribution < 1.29 is 23.0 Å². The molecule has 0 aliphatic rings. The molecule has 0 radical (unpaired) electrons. The number of amides is 1. The van der Waals surface area contributed by atoms with E-state index in [-0.39, 0.29) is 23.9 Å². The maximum absolute atomic E-state index is 12.4. The molecule has 140 valence electrons. The molecule has 0 atom stereocenters. The number of nitrogens with one attached hydrogen (secondary N) is 1. The number of hydrogen-bond acceptors (Lipinski definition) is 4. The van der Waals surface area contributed by atoms with Crippen LogP contribution in [0.1, 0.15) is 10.5 Å². The Bertz CT molecular complexity index is 933. The van der Waals surface area contributed by atoms with Gasteiger partial charge in [0.05, 0.1) is 5.69 Å². The zero-order valence-corrected chi connectivity index (χ0v) is 14.6. The maximum Gasteiger partial charge on any atom is 0.387 e. The number of ether oxygens (including phenoxy) is 2. The van der Waals surface area contributed by atoms with Gasteiger partial charge in [-0.3, -0.25) is 4.79 Å². The van der Waals surface area contributed by atoms with Gasteiger partial charge in [-0.1, -0.05) is 29.8 Å². The van der Waals surface area contributed by atoms with Crippen LogP contribution < -0.4 is 14.8 Å². The SMILES string of the molecule is O=C(Nc1ccccc1OC(F)F)c1ccn(COc2cccc(Cl)c2)n1. The molecule has 0 unspecified atom stereocenters. The zero-order valence-electron chi connectivity index (χ0n) is 13.8. The number of hydrogen-bond donors (Lipinski definition) is 1. The first-order valence-electron chi connectivity index (χ1n) is 7.78. The summed E-state index contributed by atoms with van der Waals surface area (Å²) in [4.78, 5) is 12.3. The number of alkyl halides is 2. The number of rotatable bonds is 7. The number of anilines is 1. The van der Waals surface area contributed by atoms with Crippen LogP contribution in [-0.2, 0) is 6.73 Å². The molecule has 6 nitrogen and oxygen atoms in total. The fourth-order valence-electron chi connectivity index (χ4n) is 2.21. The van der Waals surface area contributed by atoms with Crippen molar-refractivity contribution in [1.82, 2.24) is 9.78 Å². The standard InChI is InChI=1S/C18H14ClF2N3O3/c19-12-4-3-5-13(10-12)26-11-24-9-8-15(23-24)17(25)22-14-6-1-2-7-16(14)27-18(20)21/h1-10,18H,11H2,(H,22,25). The summed E-state index contributed by atoms with van der Waals surface area (Å²) in [5.74, 6) is -0.145. The van der Waals surface area contributed by atoms with E-state index < -0.39 is 12.5 Å². The molecule has 1 N–H and O–H groups in total. The topological polar surface area (TPSA) is 65.4 Å². The second kappa shape index (κ2) is 8.50. The summed E-state index contributed by atoms with van der Waals surface area (Å²) in [6.07, 6.45) is 1.56. The number of halogens is 3. The highest BCUT2D eigenvalue weighted by Crippen LogP contribution is 2.26. The molecule has 3 aromatic rings. The minimum Gasteiger partial charge on any atom is -0.471 e. The third kappa shape index (κ3) is 5.18. The van der Waals surface area contributed by atoms with Crippen LogP contribution in [0.3, 0.4) is 0 Å². The van der Waals surface area contributed by atoms with Crippen molar-refractivity contribution in [3.63, 3.8) is 0 Å². The van der Waals surface area contributed by atoms with Crippen LogP contribution in [-0.4, -0.2) is 22.3 Å². The Morgan fingerprint density at radius 3 is 2.78 bits per heavy atom. The molecule has 27 heavy (non-hydrogen) atoms. The second-order valence-corrected chi connectivity index (χ2v) is 5.74. The quantitative estimate of drug-likeness (QED) is 0.645. The smallest absolute Gasteiger partial charge is 0.387 e. The van der Waals surface area contributed by atoms with Gasteiger partial charge in [-0.15, -0.1) is 0 Å². The molecule has 9 heteroatoms. The van der Waals surface area contributed by atoms with E-state index in [1.807, 2.05) is 0 Å². The highest BCUT2D eigenvalue weighted by atomic mass is 35.5. The Balaban J connectivity index is 1.63. The fourth-order valence-corrected chi connectivity index (χ4v) is 2.39. The molecule has 0 saturated heterocycles. The van der Waals surface area contributed by atoms with Crippen molar-refractivity contribution in [2.75, 3.05) is 5.32 Å². The molecule has 0 spiro atoms. The van der Waals surface area contributed by atoms with E-state index in [1.165, 1.54) is 28.9 Å². The van der Waals surface area contributed by atoms with Crippen LogP contribution in [0.5, 0.6) is 11.5 Å². The molecule has 1 aromatic heterocycles. The zero-order chi connectivity index (χ0) is 19.2. The van der Waals surface area contributed by atoms with Crippen LogP contribution in [0.2, 0.25) is 5.02 Å². The number of para-hydroxylation sites is 2. The van der Waals surface area contributed by atoms with Crippen LogP contribution in [0, 0.1) is 0 Å². The summed E-state index contributed by atoms with van der Waals surface area (Å²) in [6.45, 7) is -2.93. The molecular weight excluding hydrogens is 380 g/mol. The molecule has 0 bridgehead atoms. The monoisotopic (exact) mass is 393 g/mol. The van der Waals surface area contributed by atoms with Crippen molar-refractivity contribution in [3.8, 4) is 11.5 Å². The van der Waals surface area contributed by atoms with E-state index in [2.05, 4.69) is 15.2 Å². The van der Waals surface area contributed by atoms with Crippen molar-refractivity contribution in [1.29, 1.82) is 0 Å². The molecule has 1 amide bonds. The Kier molecular flexibility index (Phi) is 5.87. The number of nitrogens with zero attached hydrogens (tertiary/aromatic N) is 2. The van der Waals surface area contributed by atoms with E-state index in [9.17, 15) is 13.6 Å². The lowest BCUT2D eigenvalue weighted by Crippen LogP contribution is -2.15. The van der Waals surface area contributed by atoms with Gasteiger partial charge in [0.2, 0.25) is 0 Å². The summed E-state index contributed by atoms with van der Waals surface area (Å²) in [7, 11) is 0. The summed E-state index contributed by atoms with van der Waals surface area (Å²) in [6, 6.07) is 14.2. The Labute approximate surface area is 158 Å². The third-order valence-electron chi connectivity index (χ3n) is 3.38. The lowest BCUT2D eigenvalue weighted by atomic mass is 10.3. The van der Waals surface area contributed by atoms with Gasteiger partial charge in [-0.25, -0.2) is 4.68 Å². The molecule has 0 saturated carbocycles. The van der Waals surface area contributed by atoms with Crippen molar-refractivity contribution in [2.24, 2.45) is 0 Å². The van der Waals surface area contributed by atoms with Crippen LogP contribution >= 0.6 is 11.6 Å². The molecule has 2 aromatic carbocycles. The first-order valence-corrected chi connectivity index (χ1v) is 8.16. The van der Waals surface area contributed by atoms with Crippen LogP contribution in [0.25, 0.3) is 0 Å². The van der Waals surface area contributed by atoms with Gasteiger partial charge in [0.15, 0.2) is 12.4 Å². The molecule has 1 heterocycles. The average molecular weight is 394 g/mol. The Hall–Kier alpha value is -3.13. The van der Waals surface area contributed by atoms with Gasteiger partial charge in [-0.05, 0) is 36.4 Å². The molecule has 0 aliphatic heterocycles. The fraction of sp³-hybridized carbons (Fsp3) is 0.111. The van der Waals surface area contributed by atoms with Gasteiger partial charge in [0.25, 0.3) is 5.91 Å². The number of carbonyl (C=O) groups is 1. The highest BCUT2D eigenvalue weighted by molar-refractivity contribution is 6.30. The Morgan fingerprint density at radius 2 is 2.00 bits per heavy atom. The summed E-state index contributed by atoms with van der Waals surface area (Å²) >= 11 is 5.88. The number of benzene rings is 2. The Morgan fingerprint density at radius 1 is 1.19 bits per heavy atom. The summed E-state index contributed by atoms with van der Waals surface area (Å²) in [5.41, 5.74) is 0.212. The lowest BCUT2D eigenvalue weighted by molar-refractivity contribution is -0.0493. The minimum absolute atomic E-state index is 0.0682.